The van der Waals surface area contributed by atoms with Gasteiger partial charge in [0.1, 0.15) is 6.61 Å². The molecule has 2 saturated heterocycles. The average molecular weight is 260 g/mol. The summed E-state index contributed by atoms with van der Waals surface area (Å²) in [6.07, 6.45) is 0. The van der Waals surface area contributed by atoms with Gasteiger partial charge in [0, 0.05) is 26.2 Å². The summed E-state index contributed by atoms with van der Waals surface area (Å²) >= 11 is 0. The lowest BCUT2D eigenvalue weighted by molar-refractivity contribution is -0.135. The first-order valence-corrected chi connectivity index (χ1v) is 6.93. The molecule has 0 aromatic heterocycles. The molecule has 2 aliphatic heterocycles. The molecule has 0 bridgehead atoms. The number of nitrogens with zero attached hydrogens (tertiary/aromatic N) is 1. The minimum atomic E-state index is 0.130. The first-order valence-electron chi connectivity index (χ1n) is 6.93. The summed E-state index contributed by atoms with van der Waals surface area (Å²) in [5, 5.41) is 3.38. The van der Waals surface area contributed by atoms with Gasteiger partial charge in [-0.3, -0.25) is 4.79 Å². The quantitative estimate of drug-likeness (QED) is 0.874. The Morgan fingerprint density at radius 3 is 2.58 bits per heavy atom. The first-order chi connectivity index (χ1) is 9.33. The third-order valence-corrected chi connectivity index (χ3v) is 4.08. The number of hydrogen-bond acceptors (Lipinski definition) is 3. The van der Waals surface area contributed by atoms with E-state index in [4.69, 9.17) is 4.74 Å². The molecule has 0 unspecified atom stereocenters. The summed E-state index contributed by atoms with van der Waals surface area (Å²) in [6.45, 7) is 4.60. The maximum absolute atomic E-state index is 12.0. The van der Waals surface area contributed by atoms with Crippen molar-refractivity contribution in [3.8, 4) is 0 Å². The highest BCUT2D eigenvalue weighted by Crippen LogP contribution is 2.26. The molecular formula is C15H20N2O2. The molecule has 0 saturated carbocycles. The van der Waals surface area contributed by atoms with Gasteiger partial charge in [0.2, 0.25) is 5.91 Å². The van der Waals surface area contributed by atoms with Gasteiger partial charge in [0.15, 0.2) is 0 Å². The first kappa shape index (κ1) is 12.6. The van der Waals surface area contributed by atoms with Crippen LogP contribution in [0.4, 0.5) is 0 Å². The van der Waals surface area contributed by atoms with Crippen molar-refractivity contribution >= 4 is 5.91 Å². The monoisotopic (exact) mass is 260 g/mol. The van der Waals surface area contributed by atoms with Crippen LogP contribution in [0, 0.1) is 11.8 Å². The third-order valence-electron chi connectivity index (χ3n) is 4.08. The minimum absolute atomic E-state index is 0.130. The molecule has 1 N–H and O–H groups in total. The Bertz CT molecular complexity index is 423. The molecule has 102 valence electrons. The number of ether oxygens (including phenoxy) is 1. The number of carbonyl (C=O) groups excluding carboxylic acids is 1. The highest BCUT2D eigenvalue weighted by Gasteiger charge is 2.37. The number of amides is 1. The summed E-state index contributed by atoms with van der Waals surface area (Å²) in [5.41, 5.74) is 1.11. The zero-order chi connectivity index (χ0) is 13.1. The molecule has 2 fully saturated rings. The van der Waals surface area contributed by atoms with E-state index in [0.29, 0.717) is 18.4 Å². The van der Waals surface area contributed by atoms with E-state index < -0.39 is 0 Å². The third kappa shape index (κ3) is 2.96. The second kappa shape index (κ2) is 5.72. The molecule has 0 radical (unpaired) electrons. The number of rotatable bonds is 4. The normalized spacial score (nSPS) is 25.6. The van der Waals surface area contributed by atoms with Gasteiger partial charge < -0.3 is 15.0 Å². The Balaban J connectivity index is 1.42. The average Bonchev–Trinajstić information content (AvgIpc) is 3.00. The van der Waals surface area contributed by atoms with E-state index in [1.165, 1.54) is 0 Å². The molecule has 1 aromatic rings. The number of nitrogens with one attached hydrogen (secondary N) is 1. The molecule has 1 aromatic carbocycles. The van der Waals surface area contributed by atoms with E-state index in [2.05, 4.69) is 5.32 Å². The molecule has 19 heavy (non-hydrogen) atoms. The van der Waals surface area contributed by atoms with Gasteiger partial charge in [-0.2, -0.15) is 0 Å². The van der Waals surface area contributed by atoms with E-state index in [-0.39, 0.29) is 12.5 Å². The lowest BCUT2D eigenvalue weighted by Crippen LogP contribution is -2.34. The number of benzene rings is 1. The Morgan fingerprint density at radius 1 is 1.21 bits per heavy atom. The fourth-order valence-corrected chi connectivity index (χ4v) is 2.98. The Kier molecular flexibility index (Phi) is 3.80. The van der Waals surface area contributed by atoms with Crippen molar-refractivity contribution in [2.24, 2.45) is 11.8 Å². The largest absolute Gasteiger partial charge is 0.367 e. The zero-order valence-electron chi connectivity index (χ0n) is 11.0. The SMILES string of the molecule is O=C(COCc1ccccc1)N1C[C@H]2CNC[C@H]2C1. The summed E-state index contributed by atoms with van der Waals surface area (Å²) in [7, 11) is 0. The molecule has 3 rings (SSSR count). The lowest BCUT2D eigenvalue weighted by atomic mass is 10.0. The van der Waals surface area contributed by atoms with Crippen molar-refractivity contribution in [2.75, 3.05) is 32.8 Å². The van der Waals surface area contributed by atoms with Crippen LogP contribution in [0.15, 0.2) is 30.3 Å². The predicted molar refractivity (Wildman–Crippen MR) is 72.5 cm³/mol. The topological polar surface area (TPSA) is 41.6 Å². The van der Waals surface area contributed by atoms with Crippen LogP contribution < -0.4 is 5.32 Å². The van der Waals surface area contributed by atoms with Crippen molar-refractivity contribution in [1.82, 2.24) is 10.2 Å². The second-order valence-electron chi connectivity index (χ2n) is 5.46. The van der Waals surface area contributed by atoms with Crippen molar-refractivity contribution in [1.29, 1.82) is 0 Å². The summed E-state index contributed by atoms with van der Waals surface area (Å²) < 4.78 is 5.51. The molecule has 1 amide bonds. The molecule has 2 heterocycles. The molecule has 2 aliphatic rings. The standard InChI is InChI=1S/C15H20N2O2/c18-15(11-19-10-12-4-2-1-3-5-12)17-8-13-6-16-7-14(13)9-17/h1-5,13-14,16H,6-11H2/t13-,14+. The number of likely N-dealkylation sites (tertiary alicyclic amines) is 1. The molecular weight excluding hydrogens is 240 g/mol. The van der Waals surface area contributed by atoms with Crippen LogP contribution in [-0.2, 0) is 16.1 Å². The maximum atomic E-state index is 12.0. The Hall–Kier alpha value is -1.39. The van der Waals surface area contributed by atoms with E-state index in [1.807, 2.05) is 35.2 Å². The Labute approximate surface area is 113 Å². The van der Waals surface area contributed by atoms with Gasteiger partial charge in [-0.25, -0.2) is 0 Å². The van der Waals surface area contributed by atoms with Gasteiger partial charge in [0.25, 0.3) is 0 Å². The van der Waals surface area contributed by atoms with Crippen molar-refractivity contribution in [2.45, 2.75) is 6.61 Å². The van der Waals surface area contributed by atoms with E-state index in [0.717, 1.165) is 31.7 Å². The van der Waals surface area contributed by atoms with Gasteiger partial charge >= 0.3 is 0 Å². The summed E-state index contributed by atoms with van der Waals surface area (Å²) in [6, 6.07) is 9.96. The van der Waals surface area contributed by atoms with Gasteiger partial charge in [-0.05, 0) is 17.4 Å². The van der Waals surface area contributed by atoms with E-state index in [9.17, 15) is 4.79 Å². The number of hydrogen-bond donors (Lipinski definition) is 1. The van der Waals surface area contributed by atoms with Crippen LogP contribution in [0.2, 0.25) is 0 Å². The van der Waals surface area contributed by atoms with Crippen LogP contribution in [0.5, 0.6) is 0 Å². The van der Waals surface area contributed by atoms with E-state index in [1.54, 1.807) is 0 Å². The summed E-state index contributed by atoms with van der Waals surface area (Å²) in [4.78, 5) is 14.0. The van der Waals surface area contributed by atoms with Crippen LogP contribution in [0.1, 0.15) is 5.56 Å². The van der Waals surface area contributed by atoms with Gasteiger partial charge in [-0.1, -0.05) is 30.3 Å². The van der Waals surface area contributed by atoms with Gasteiger partial charge in [0.05, 0.1) is 6.61 Å². The number of fused-ring (bicyclic) bond motifs is 1. The molecule has 2 atom stereocenters. The predicted octanol–water partition coefficient (Wildman–Crippen LogP) is 0.881. The fraction of sp³-hybridized carbons (Fsp3) is 0.533. The molecule has 0 aliphatic carbocycles. The van der Waals surface area contributed by atoms with Crippen molar-refractivity contribution < 1.29 is 9.53 Å². The van der Waals surface area contributed by atoms with Crippen LogP contribution in [-0.4, -0.2) is 43.6 Å². The van der Waals surface area contributed by atoms with Crippen molar-refractivity contribution in [3.63, 3.8) is 0 Å². The van der Waals surface area contributed by atoms with E-state index >= 15 is 0 Å². The lowest BCUT2D eigenvalue weighted by Gasteiger charge is -2.17. The summed E-state index contributed by atoms with van der Waals surface area (Å²) in [5.74, 6) is 1.43. The molecule has 4 heteroatoms. The van der Waals surface area contributed by atoms with Gasteiger partial charge in [-0.15, -0.1) is 0 Å². The molecule has 0 spiro atoms. The molecule has 4 nitrogen and oxygen atoms in total. The fourth-order valence-electron chi connectivity index (χ4n) is 2.98. The highest BCUT2D eigenvalue weighted by molar-refractivity contribution is 5.77. The second-order valence-corrected chi connectivity index (χ2v) is 5.46. The number of carbonyl (C=O) groups is 1. The zero-order valence-corrected chi connectivity index (χ0v) is 11.0. The maximum Gasteiger partial charge on any atom is 0.248 e. The van der Waals surface area contributed by atoms with Crippen LogP contribution in [0.25, 0.3) is 0 Å². The minimum Gasteiger partial charge on any atom is -0.367 e. The van der Waals surface area contributed by atoms with Crippen LogP contribution >= 0.6 is 0 Å². The van der Waals surface area contributed by atoms with Crippen LogP contribution in [0.3, 0.4) is 0 Å². The highest BCUT2D eigenvalue weighted by atomic mass is 16.5. The van der Waals surface area contributed by atoms with Crippen molar-refractivity contribution in [3.05, 3.63) is 35.9 Å². The smallest absolute Gasteiger partial charge is 0.248 e. The Morgan fingerprint density at radius 2 is 1.89 bits per heavy atom.